The number of anilines is 1. The Bertz CT molecular complexity index is 1860. The number of benzene rings is 2. The van der Waals surface area contributed by atoms with Crippen LogP contribution in [0.25, 0.3) is 0 Å². The highest BCUT2D eigenvalue weighted by Crippen LogP contribution is 2.39. The first kappa shape index (κ1) is 40.2. The Kier molecular flexibility index (Phi) is 13.4. The maximum atomic E-state index is 14.2. The normalized spacial score (nSPS) is 17.3. The third kappa shape index (κ3) is 11.5. The van der Waals surface area contributed by atoms with E-state index < -0.39 is 28.7 Å². The highest BCUT2D eigenvalue weighted by molar-refractivity contribution is 7.92. The molecule has 2 saturated carbocycles. The van der Waals surface area contributed by atoms with E-state index in [0.29, 0.717) is 58.4 Å². The number of nitrogens with zero attached hydrogens (tertiary/aromatic N) is 3. The quantitative estimate of drug-likeness (QED) is 0.125. The van der Waals surface area contributed by atoms with Gasteiger partial charge in [0.1, 0.15) is 21.9 Å². The van der Waals surface area contributed by atoms with E-state index in [1.807, 2.05) is 0 Å². The minimum atomic E-state index is -3.76. The van der Waals surface area contributed by atoms with Gasteiger partial charge in [0.2, 0.25) is 10.0 Å². The zero-order valence-corrected chi connectivity index (χ0v) is 32.8. The van der Waals surface area contributed by atoms with Crippen LogP contribution in [0.5, 0.6) is 17.2 Å². The number of carbonyl (C=O) groups excluding carboxylic acids is 1. The number of carbonyl (C=O) groups is 1. The largest absolute Gasteiger partial charge is 0.493 e. The first-order valence-corrected chi connectivity index (χ1v) is 20.9. The van der Waals surface area contributed by atoms with Crippen molar-refractivity contribution in [1.29, 1.82) is 0 Å². The van der Waals surface area contributed by atoms with Gasteiger partial charge in [0.05, 0.1) is 30.7 Å². The van der Waals surface area contributed by atoms with Gasteiger partial charge in [0.15, 0.2) is 23.9 Å². The maximum Gasteiger partial charge on any atom is 0.387 e. The van der Waals surface area contributed by atoms with Gasteiger partial charge in [-0.05, 0) is 87.4 Å². The average Bonchev–Trinajstić information content (AvgIpc) is 4.06. The second kappa shape index (κ2) is 18.0. The van der Waals surface area contributed by atoms with Crippen LogP contribution >= 0.6 is 23.2 Å². The molecule has 3 aromatic rings. The van der Waals surface area contributed by atoms with E-state index in [2.05, 4.69) is 21.8 Å². The molecular weight excluding hydrogens is 765 g/mol. The number of alkyl halides is 2. The number of hydrogen-bond acceptors (Lipinski definition) is 9. The van der Waals surface area contributed by atoms with Crippen LogP contribution in [0.15, 0.2) is 48.8 Å². The Morgan fingerprint density at radius 1 is 0.944 bits per heavy atom. The predicted molar refractivity (Wildman–Crippen MR) is 202 cm³/mol. The summed E-state index contributed by atoms with van der Waals surface area (Å²) < 4.78 is 77.4. The van der Waals surface area contributed by atoms with Gasteiger partial charge in [0, 0.05) is 50.8 Å². The van der Waals surface area contributed by atoms with Crippen LogP contribution < -0.4 is 23.5 Å². The number of ether oxygens (including phenoxy) is 4. The van der Waals surface area contributed by atoms with E-state index in [-0.39, 0.29) is 35.7 Å². The standard InChI is InChI=1S/C38H46Cl2F2N4O7S/c1-44-12-14-45(15-13-44)10-3-11-46(54(2,48)49)29-16-28(17-30(19-29)50-23-25-4-5-25)37(47)52-35(20-31-32(39)21-43-22-33(31)40)27-8-9-34(53-38(41)42)36(18-27)51-24-26-6-7-26/h8-9,16-19,21-22,25-26,35,38H,3-7,10-15,20,23-24H2,1-2H3/p+1/t35-/m0/s1. The molecule has 2 aliphatic carbocycles. The fraction of sp³-hybridized carbons (Fsp3) is 0.526. The second-order valence-corrected chi connectivity index (χ2v) is 17.1. The van der Waals surface area contributed by atoms with Crippen molar-refractivity contribution in [3.05, 3.63) is 75.5 Å². The van der Waals surface area contributed by atoms with E-state index >= 15 is 0 Å². The third-order valence-corrected chi connectivity index (χ3v) is 11.7. The molecule has 1 atom stereocenters. The molecule has 1 aromatic heterocycles. The Morgan fingerprint density at radius 2 is 1.61 bits per heavy atom. The molecule has 1 aliphatic heterocycles. The smallest absolute Gasteiger partial charge is 0.387 e. The Morgan fingerprint density at radius 3 is 2.24 bits per heavy atom. The Hall–Kier alpha value is -3.43. The van der Waals surface area contributed by atoms with E-state index in [0.717, 1.165) is 64.7 Å². The predicted octanol–water partition coefficient (Wildman–Crippen LogP) is 6.53. The molecule has 1 N–H and O–H groups in total. The van der Waals surface area contributed by atoms with E-state index in [1.54, 1.807) is 18.5 Å². The number of hydrogen-bond donors (Lipinski definition) is 0. The summed E-state index contributed by atoms with van der Waals surface area (Å²) in [6, 6.07) is 9.05. The molecule has 54 heavy (non-hydrogen) atoms. The molecule has 294 valence electrons. The fourth-order valence-corrected chi connectivity index (χ4v) is 7.71. The summed E-state index contributed by atoms with van der Waals surface area (Å²) in [5.41, 5.74) is 1.24. The number of H-pyrrole nitrogens is 1. The highest BCUT2D eigenvalue weighted by atomic mass is 35.5. The van der Waals surface area contributed by atoms with Gasteiger partial charge in [-0.1, -0.05) is 29.3 Å². The lowest BCUT2D eigenvalue weighted by molar-refractivity contribution is -0.377. The molecule has 0 unspecified atom stereocenters. The second-order valence-electron chi connectivity index (χ2n) is 14.4. The van der Waals surface area contributed by atoms with Gasteiger partial charge in [-0.2, -0.15) is 8.78 Å². The molecule has 16 heteroatoms. The molecule has 2 heterocycles. The summed E-state index contributed by atoms with van der Waals surface area (Å²) in [6.07, 6.45) is 7.82. The van der Waals surface area contributed by atoms with Crippen molar-refractivity contribution in [3.8, 4) is 17.2 Å². The van der Waals surface area contributed by atoms with Crippen LogP contribution in [0, 0.1) is 11.8 Å². The molecule has 1 saturated heterocycles. The fourth-order valence-electron chi connectivity index (χ4n) is 6.23. The van der Waals surface area contributed by atoms with Gasteiger partial charge in [-0.3, -0.25) is 4.31 Å². The number of likely N-dealkylation sites (N-methyl/N-ethyl adjacent to an activating group) is 1. The lowest BCUT2D eigenvalue weighted by Crippen LogP contribution is -2.45. The molecule has 0 radical (unpaired) electrons. The zero-order chi connectivity index (χ0) is 38.4. The van der Waals surface area contributed by atoms with Crippen LogP contribution in [0.3, 0.4) is 0 Å². The summed E-state index contributed by atoms with van der Waals surface area (Å²) in [5.74, 6) is 0.216. The van der Waals surface area contributed by atoms with Crippen LogP contribution in [-0.2, 0) is 21.2 Å². The summed E-state index contributed by atoms with van der Waals surface area (Å²) >= 11 is 13.1. The lowest BCUT2D eigenvalue weighted by Gasteiger charge is -2.33. The summed E-state index contributed by atoms with van der Waals surface area (Å²) in [6.45, 7) is 2.32. The van der Waals surface area contributed by atoms with Crippen molar-refractivity contribution in [2.75, 3.05) is 70.1 Å². The van der Waals surface area contributed by atoms with Crippen molar-refractivity contribution in [2.24, 2.45) is 11.8 Å². The molecule has 0 bridgehead atoms. The number of halogens is 4. The van der Waals surface area contributed by atoms with Crippen molar-refractivity contribution < 1.29 is 45.9 Å². The minimum absolute atomic E-state index is 0.0156. The molecular formula is C38H47Cl2F2N4O7S+. The third-order valence-electron chi connectivity index (χ3n) is 9.79. The van der Waals surface area contributed by atoms with Gasteiger partial charge in [-0.25, -0.2) is 18.2 Å². The number of aromatic nitrogens is 1. The topological polar surface area (TPSA) is 112 Å². The number of piperazine rings is 1. The first-order chi connectivity index (χ1) is 25.8. The van der Waals surface area contributed by atoms with Crippen LogP contribution in [0.4, 0.5) is 14.5 Å². The maximum absolute atomic E-state index is 14.2. The molecule has 6 rings (SSSR count). The highest BCUT2D eigenvalue weighted by Gasteiger charge is 2.29. The summed E-state index contributed by atoms with van der Waals surface area (Å²) in [7, 11) is -1.68. The van der Waals surface area contributed by atoms with Crippen LogP contribution in [0.1, 0.15) is 59.7 Å². The van der Waals surface area contributed by atoms with E-state index in [1.165, 1.54) is 34.6 Å². The summed E-state index contributed by atoms with van der Waals surface area (Å²) in [5, 5.41) is 0.592. The molecule has 0 amide bonds. The van der Waals surface area contributed by atoms with Crippen molar-refractivity contribution in [2.45, 2.75) is 51.2 Å². The number of nitrogens with one attached hydrogen (secondary N) is 1. The first-order valence-electron chi connectivity index (χ1n) is 18.3. The average molecular weight is 813 g/mol. The number of sulfonamides is 1. The number of aromatic amines is 1. The van der Waals surface area contributed by atoms with E-state index in [9.17, 15) is 22.0 Å². The van der Waals surface area contributed by atoms with Crippen molar-refractivity contribution >= 4 is 44.9 Å². The molecule has 3 fully saturated rings. The summed E-state index contributed by atoms with van der Waals surface area (Å²) in [4.78, 5) is 21.6. The number of pyridine rings is 1. The Labute approximate surface area is 325 Å². The SMILES string of the molecule is CN1CCN(CCCN(c2cc(OCC3CC3)cc(C(=O)O[C@@H](Cc3c(Cl)c[nH+]cc3Cl)c3ccc(OC(F)F)c(OCC4CC4)c3)c2)S(C)(=O)=O)CC1. The Balaban J connectivity index is 1.30. The number of esters is 1. The zero-order valence-electron chi connectivity index (χ0n) is 30.4. The number of rotatable bonds is 19. The van der Waals surface area contributed by atoms with E-state index in [4.69, 9.17) is 42.1 Å². The van der Waals surface area contributed by atoms with Gasteiger partial charge in [-0.15, -0.1) is 0 Å². The molecule has 11 nitrogen and oxygen atoms in total. The van der Waals surface area contributed by atoms with Crippen molar-refractivity contribution in [3.63, 3.8) is 0 Å². The molecule has 2 aromatic carbocycles. The molecule has 3 aliphatic rings. The van der Waals surface area contributed by atoms with Crippen LogP contribution in [-0.4, -0.2) is 96.6 Å². The van der Waals surface area contributed by atoms with Crippen LogP contribution in [0.2, 0.25) is 10.0 Å². The van der Waals surface area contributed by atoms with Crippen molar-refractivity contribution in [1.82, 2.24) is 9.80 Å². The minimum Gasteiger partial charge on any atom is -0.493 e. The van der Waals surface area contributed by atoms with Gasteiger partial charge in [0.25, 0.3) is 0 Å². The molecule has 0 spiro atoms. The van der Waals surface area contributed by atoms with Gasteiger partial charge < -0.3 is 28.7 Å². The van der Waals surface area contributed by atoms with Gasteiger partial charge >= 0.3 is 12.6 Å². The monoisotopic (exact) mass is 811 g/mol. The lowest BCUT2D eigenvalue weighted by atomic mass is 10.0.